The second-order valence-electron chi connectivity index (χ2n) is 4.89. The van der Waals surface area contributed by atoms with Crippen LogP contribution in [0.25, 0.3) is 0 Å². The second kappa shape index (κ2) is 4.63. The molecule has 1 spiro atoms. The molecule has 1 saturated heterocycles. The lowest BCUT2D eigenvalue weighted by Gasteiger charge is -2.30. The third-order valence-corrected chi connectivity index (χ3v) is 5.60. The molecule has 6 heteroatoms. The van der Waals surface area contributed by atoms with Crippen LogP contribution in [0, 0.1) is 0 Å². The van der Waals surface area contributed by atoms with E-state index < -0.39 is 5.41 Å². The van der Waals surface area contributed by atoms with Gasteiger partial charge in [0.25, 0.3) is 0 Å². The van der Waals surface area contributed by atoms with Gasteiger partial charge in [-0.15, -0.1) is 0 Å². The molecule has 100 valence electrons. The van der Waals surface area contributed by atoms with E-state index in [1.807, 2.05) is 6.07 Å². The Bertz CT molecular complexity index is 578. The fraction of sp³-hybridized carbons (Fsp3) is 0.385. The van der Waals surface area contributed by atoms with Gasteiger partial charge in [-0.25, -0.2) is 0 Å². The average Bonchev–Trinajstić information content (AvgIpc) is 2.51. The topological polar surface area (TPSA) is 58.2 Å². The number of carbonyl (C=O) groups excluding carboxylic acids is 2. The summed E-state index contributed by atoms with van der Waals surface area (Å²) in [5, 5.41) is 6.34. The minimum absolute atomic E-state index is 0.00601. The Morgan fingerprint density at radius 1 is 1.37 bits per heavy atom. The third kappa shape index (κ3) is 1.94. The summed E-state index contributed by atoms with van der Waals surface area (Å²) in [5.41, 5.74) is 1.10. The van der Waals surface area contributed by atoms with Crippen molar-refractivity contribution in [1.82, 2.24) is 5.32 Å². The van der Waals surface area contributed by atoms with Crippen molar-refractivity contribution in [2.45, 2.75) is 22.2 Å². The van der Waals surface area contributed by atoms with E-state index in [2.05, 4.69) is 33.2 Å². The van der Waals surface area contributed by atoms with E-state index >= 15 is 0 Å². The molecule has 1 aromatic rings. The molecule has 0 unspecified atom stereocenters. The monoisotopic (exact) mass is 390 g/mol. The van der Waals surface area contributed by atoms with E-state index in [9.17, 15) is 9.59 Å². The van der Waals surface area contributed by atoms with Crippen LogP contribution in [0.1, 0.15) is 18.4 Å². The first-order valence-electron chi connectivity index (χ1n) is 6.06. The van der Waals surface area contributed by atoms with Crippen LogP contribution in [0.5, 0.6) is 0 Å². The van der Waals surface area contributed by atoms with Crippen LogP contribution < -0.4 is 10.6 Å². The Morgan fingerprint density at radius 3 is 2.95 bits per heavy atom. The number of hydrogen-bond acceptors (Lipinski definition) is 2. The first-order valence-corrected chi connectivity index (χ1v) is 7.68. The number of benzene rings is 1. The molecule has 2 N–H and O–H groups in total. The third-order valence-electron chi connectivity index (χ3n) is 3.86. The van der Waals surface area contributed by atoms with Crippen molar-refractivity contribution in [1.29, 1.82) is 0 Å². The Hall–Kier alpha value is -0.820. The van der Waals surface area contributed by atoms with Gasteiger partial charge in [-0.2, -0.15) is 0 Å². The normalized spacial score (nSPS) is 29.7. The van der Waals surface area contributed by atoms with E-state index in [1.54, 1.807) is 12.1 Å². The fourth-order valence-corrected chi connectivity index (χ4v) is 4.39. The first-order chi connectivity index (χ1) is 9.04. The van der Waals surface area contributed by atoms with Gasteiger partial charge < -0.3 is 10.6 Å². The number of halogens is 2. The fourth-order valence-electron chi connectivity index (χ4n) is 2.89. The predicted octanol–water partition coefficient (Wildman–Crippen LogP) is 2.24. The quantitative estimate of drug-likeness (QED) is 0.527. The van der Waals surface area contributed by atoms with E-state index in [-0.39, 0.29) is 15.7 Å². The molecule has 2 heterocycles. The first kappa shape index (κ1) is 13.2. The van der Waals surface area contributed by atoms with Gasteiger partial charge in [0, 0.05) is 27.6 Å². The lowest BCUT2D eigenvalue weighted by molar-refractivity contribution is -0.121. The van der Waals surface area contributed by atoms with Crippen LogP contribution in [0.15, 0.2) is 18.2 Å². The minimum atomic E-state index is -0.625. The van der Waals surface area contributed by atoms with Crippen LogP contribution in [0.2, 0.25) is 5.02 Å². The van der Waals surface area contributed by atoms with Crippen LogP contribution in [0.4, 0.5) is 5.69 Å². The second-order valence-corrected chi connectivity index (χ2v) is 6.83. The van der Waals surface area contributed by atoms with Gasteiger partial charge in [0.2, 0.25) is 11.8 Å². The Morgan fingerprint density at radius 2 is 2.16 bits per heavy atom. The molecule has 2 aliphatic heterocycles. The minimum Gasteiger partial charge on any atom is -0.356 e. The molecular weight excluding hydrogens is 379 g/mol. The highest BCUT2D eigenvalue weighted by Gasteiger charge is 2.52. The zero-order chi connectivity index (χ0) is 13.6. The highest BCUT2D eigenvalue weighted by Crippen LogP contribution is 2.47. The van der Waals surface area contributed by atoms with Crippen LogP contribution in [-0.4, -0.2) is 22.3 Å². The summed E-state index contributed by atoms with van der Waals surface area (Å²) >= 11 is 8.19. The van der Waals surface area contributed by atoms with Gasteiger partial charge in [-0.05, 0) is 24.1 Å². The summed E-state index contributed by atoms with van der Waals surface area (Å²) in [7, 11) is 0. The molecule has 0 aromatic heterocycles. The predicted molar refractivity (Wildman–Crippen MR) is 81.8 cm³/mol. The van der Waals surface area contributed by atoms with Crippen LogP contribution in [0.3, 0.4) is 0 Å². The molecule has 19 heavy (non-hydrogen) atoms. The van der Waals surface area contributed by atoms with E-state index in [4.69, 9.17) is 11.6 Å². The number of hydrogen-bond donors (Lipinski definition) is 2. The Balaban J connectivity index is 2.13. The van der Waals surface area contributed by atoms with Gasteiger partial charge in [-0.3, -0.25) is 9.59 Å². The maximum atomic E-state index is 12.5. The molecule has 0 saturated carbocycles. The highest BCUT2D eigenvalue weighted by molar-refractivity contribution is 14.1. The number of rotatable bonds is 0. The van der Waals surface area contributed by atoms with E-state index in [0.717, 1.165) is 11.3 Å². The summed E-state index contributed by atoms with van der Waals surface area (Å²) < 4.78 is -0.0602. The number of fused-ring (bicyclic) bond motifs is 2. The zero-order valence-electron chi connectivity index (χ0n) is 10.0. The number of alkyl halides is 1. The Labute approximate surface area is 129 Å². The molecule has 2 aliphatic rings. The molecule has 1 aromatic carbocycles. The molecule has 2 atom stereocenters. The molecule has 3 rings (SSSR count). The van der Waals surface area contributed by atoms with Gasteiger partial charge in [0.05, 0.1) is 5.41 Å². The van der Waals surface area contributed by atoms with Crippen molar-refractivity contribution in [2.75, 3.05) is 11.9 Å². The highest BCUT2D eigenvalue weighted by atomic mass is 127. The number of nitrogens with one attached hydrogen (secondary N) is 2. The molecular formula is C13H12ClIN2O2. The average molecular weight is 391 g/mol. The van der Waals surface area contributed by atoms with E-state index in [1.165, 1.54) is 0 Å². The molecule has 0 aliphatic carbocycles. The smallest absolute Gasteiger partial charge is 0.236 e. The molecule has 0 radical (unpaired) electrons. The van der Waals surface area contributed by atoms with Crippen molar-refractivity contribution >= 4 is 51.7 Å². The molecule has 4 nitrogen and oxygen atoms in total. The van der Waals surface area contributed by atoms with Gasteiger partial charge in [-0.1, -0.05) is 40.3 Å². The molecule has 0 bridgehead atoms. The van der Waals surface area contributed by atoms with Crippen molar-refractivity contribution in [3.05, 3.63) is 28.8 Å². The summed E-state index contributed by atoms with van der Waals surface area (Å²) in [4.78, 5) is 24.1. The lowest BCUT2D eigenvalue weighted by Crippen LogP contribution is -2.42. The summed E-state index contributed by atoms with van der Waals surface area (Å²) in [6, 6.07) is 5.47. The standard InChI is InChI=1S/C13H12ClIN2O2/c14-7-1-2-8-9(5-7)17-12(19)13(8)3-4-16-11(18)6-10(13)15/h1-2,5,10H,3-4,6H2,(H,16,18)(H,17,19)/t10-,13+/m0/s1. The largest absolute Gasteiger partial charge is 0.356 e. The lowest BCUT2D eigenvalue weighted by atomic mass is 9.75. The molecule has 1 fully saturated rings. The van der Waals surface area contributed by atoms with Crippen LogP contribution >= 0.6 is 34.2 Å². The van der Waals surface area contributed by atoms with Crippen molar-refractivity contribution in [2.24, 2.45) is 0 Å². The van der Waals surface area contributed by atoms with Crippen molar-refractivity contribution < 1.29 is 9.59 Å². The maximum absolute atomic E-state index is 12.5. The summed E-state index contributed by atoms with van der Waals surface area (Å²) in [6.45, 7) is 0.522. The van der Waals surface area contributed by atoms with Crippen molar-refractivity contribution in [3.63, 3.8) is 0 Å². The van der Waals surface area contributed by atoms with Gasteiger partial charge in [0.1, 0.15) is 0 Å². The maximum Gasteiger partial charge on any atom is 0.236 e. The zero-order valence-corrected chi connectivity index (χ0v) is 12.9. The van der Waals surface area contributed by atoms with Crippen molar-refractivity contribution in [3.8, 4) is 0 Å². The Kier molecular flexibility index (Phi) is 3.21. The number of amides is 2. The van der Waals surface area contributed by atoms with Gasteiger partial charge >= 0.3 is 0 Å². The summed E-state index contributed by atoms with van der Waals surface area (Å²) in [5.74, 6) is -0.0212. The SMILES string of the molecule is O=C1C[C@H](I)[C@]2(CCN1)C(=O)Nc1cc(Cl)ccc12. The number of carbonyl (C=O) groups is 2. The summed E-state index contributed by atoms with van der Waals surface area (Å²) in [6.07, 6.45) is 0.975. The van der Waals surface area contributed by atoms with E-state index in [0.29, 0.717) is 24.4 Å². The number of anilines is 1. The van der Waals surface area contributed by atoms with Gasteiger partial charge in [0.15, 0.2) is 0 Å². The molecule has 2 amide bonds. The van der Waals surface area contributed by atoms with Crippen LogP contribution in [-0.2, 0) is 15.0 Å².